The normalized spacial score (nSPS) is 12.3. The molecular formula is C19H21N3OS. The molecule has 0 saturated carbocycles. The van der Waals surface area contributed by atoms with Crippen LogP contribution in [0, 0.1) is 13.8 Å². The fourth-order valence-corrected chi connectivity index (χ4v) is 3.23. The number of hydrogen-bond donors (Lipinski definition) is 2. The summed E-state index contributed by atoms with van der Waals surface area (Å²) in [4.78, 5) is 19.9. The lowest BCUT2D eigenvalue weighted by molar-refractivity contribution is -0.119. The Kier molecular flexibility index (Phi) is 4.90. The number of aromatic nitrogens is 2. The lowest BCUT2D eigenvalue weighted by Crippen LogP contribution is -2.28. The summed E-state index contributed by atoms with van der Waals surface area (Å²) in [6, 6.07) is 14.1. The minimum atomic E-state index is -0.00641. The number of hydrogen-bond acceptors (Lipinski definition) is 3. The lowest BCUT2D eigenvalue weighted by Gasteiger charge is -2.15. The van der Waals surface area contributed by atoms with E-state index >= 15 is 0 Å². The van der Waals surface area contributed by atoms with Crippen LogP contribution < -0.4 is 5.32 Å². The van der Waals surface area contributed by atoms with Gasteiger partial charge in [0.25, 0.3) is 0 Å². The van der Waals surface area contributed by atoms with Crippen LogP contribution in [0.4, 0.5) is 0 Å². The van der Waals surface area contributed by atoms with E-state index in [9.17, 15) is 4.79 Å². The smallest absolute Gasteiger partial charge is 0.230 e. The van der Waals surface area contributed by atoms with Crippen molar-refractivity contribution in [1.29, 1.82) is 0 Å². The van der Waals surface area contributed by atoms with Gasteiger partial charge in [-0.2, -0.15) is 0 Å². The van der Waals surface area contributed by atoms with Gasteiger partial charge in [-0.1, -0.05) is 42.1 Å². The first-order chi connectivity index (χ1) is 11.5. The third-order valence-corrected chi connectivity index (χ3v) is 4.99. The molecule has 5 heteroatoms. The maximum atomic E-state index is 12.2. The number of aromatic amines is 1. The number of carbonyl (C=O) groups excluding carboxylic acids is 1. The van der Waals surface area contributed by atoms with Crippen LogP contribution in [-0.2, 0) is 4.79 Å². The van der Waals surface area contributed by atoms with Gasteiger partial charge in [0, 0.05) is 0 Å². The van der Waals surface area contributed by atoms with Gasteiger partial charge in [-0.3, -0.25) is 4.79 Å². The zero-order chi connectivity index (χ0) is 17.1. The van der Waals surface area contributed by atoms with E-state index in [0.29, 0.717) is 5.75 Å². The van der Waals surface area contributed by atoms with Crippen LogP contribution in [-0.4, -0.2) is 21.6 Å². The molecule has 24 heavy (non-hydrogen) atoms. The molecule has 2 aromatic carbocycles. The first-order valence-corrected chi connectivity index (χ1v) is 8.95. The predicted octanol–water partition coefficient (Wildman–Crippen LogP) is 4.15. The van der Waals surface area contributed by atoms with Crippen molar-refractivity contribution in [2.45, 2.75) is 32.0 Å². The zero-order valence-corrected chi connectivity index (χ0v) is 14.9. The summed E-state index contributed by atoms with van der Waals surface area (Å²) >= 11 is 1.42. The molecule has 0 aliphatic heterocycles. The van der Waals surface area contributed by atoms with E-state index in [0.717, 1.165) is 21.8 Å². The second-order valence-corrected chi connectivity index (χ2v) is 6.94. The Labute approximate surface area is 146 Å². The van der Waals surface area contributed by atoms with Gasteiger partial charge >= 0.3 is 0 Å². The number of H-pyrrole nitrogens is 1. The standard InChI is InChI=1S/C19H21N3OS/c1-12-8-9-15(10-13(12)2)14(3)20-18(23)11-24-19-21-16-6-4-5-7-17(16)22-19/h4-10,14H,11H2,1-3H3,(H,20,23)(H,21,22). The molecule has 0 bridgehead atoms. The molecule has 1 heterocycles. The molecule has 124 valence electrons. The minimum Gasteiger partial charge on any atom is -0.349 e. The summed E-state index contributed by atoms with van der Waals surface area (Å²) in [7, 11) is 0. The fraction of sp³-hybridized carbons (Fsp3) is 0.263. The van der Waals surface area contributed by atoms with Crippen molar-refractivity contribution < 1.29 is 4.79 Å². The zero-order valence-electron chi connectivity index (χ0n) is 14.1. The molecule has 1 amide bonds. The molecule has 4 nitrogen and oxygen atoms in total. The third-order valence-electron chi connectivity index (χ3n) is 4.12. The Morgan fingerprint density at radius 3 is 2.75 bits per heavy atom. The highest BCUT2D eigenvalue weighted by Gasteiger charge is 2.12. The number of thioether (sulfide) groups is 1. The highest BCUT2D eigenvalue weighted by Crippen LogP contribution is 2.20. The van der Waals surface area contributed by atoms with Crippen molar-refractivity contribution in [3.05, 3.63) is 59.2 Å². The van der Waals surface area contributed by atoms with Crippen molar-refractivity contribution in [2.75, 3.05) is 5.75 Å². The van der Waals surface area contributed by atoms with E-state index in [1.54, 1.807) is 0 Å². The fourth-order valence-electron chi connectivity index (χ4n) is 2.53. The third kappa shape index (κ3) is 3.79. The molecule has 0 fully saturated rings. The number of amides is 1. The second kappa shape index (κ2) is 7.09. The number of nitrogens with zero attached hydrogens (tertiary/aromatic N) is 1. The number of benzene rings is 2. The number of nitrogens with one attached hydrogen (secondary N) is 2. The monoisotopic (exact) mass is 339 g/mol. The van der Waals surface area contributed by atoms with Crippen LogP contribution >= 0.6 is 11.8 Å². The van der Waals surface area contributed by atoms with Gasteiger partial charge in [-0.15, -0.1) is 0 Å². The molecule has 2 N–H and O–H groups in total. The number of para-hydroxylation sites is 2. The first-order valence-electron chi connectivity index (χ1n) is 7.97. The van der Waals surface area contributed by atoms with E-state index in [-0.39, 0.29) is 11.9 Å². The molecule has 3 aromatic rings. The summed E-state index contributed by atoms with van der Waals surface area (Å²) in [5.74, 6) is 0.348. The van der Waals surface area contributed by atoms with Crippen molar-refractivity contribution in [3.8, 4) is 0 Å². The minimum absolute atomic E-state index is 0.00573. The van der Waals surface area contributed by atoms with Crippen LogP contribution in [0.2, 0.25) is 0 Å². The summed E-state index contributed by atoms with van der Waals surface area (Å²) in [6.45, 7) is 6.19. The van der Waals surface area contributed by atoms with Crippen LogP contribution in [0.1, 0.15) is 29.7 Å². The molecule has 0 aliphatic rings. The van der Waals surface area contributed by atoms with Crippen molar-refractivity contribution >= 4 is 28.7 Å². The molecule has 0 aliphatic carbocycles. The summed E-state index contributed by atoms with van der Waals surface area (Å²) < 4.78 is 0. The van der Waals surface area contributed by atoms with Gasteiger partial charge in [-0.25, -0.2) is 4.98 Å². The van der Waals surface area contributed by atoms with E-state index in [2.05, 4.69) is 47.3 Å². The lowest BCUT2D eigenvalue weighted by atomic mass is 10.0. The summed E-state index contributed by atoms with van der Waals surface area (Å²) in [5.41, 5.74) is 5.54. The number of rotatable bonds is 5. The van der Waals surface area contributed by atoms with E-state index in [1.807, 2.05) is 31.2 Å². The molecule has 0 saturated heterocycles. The molecule has 1 aromatic heterocycles. The summed E-state index contributed by atoms with van der Waals surface area (Å²) in [6.07, 6.45) is 0. The number of fused-ring (bicyclic) bond motifs is 1. The van der Waals surface area contributed by atoms with Crippen LogP contribution in [0.5, 0.6) is 0 Å². The van der Waals surface area contributed by atoms with Gasteiger partial charge in [0.1, 0.15) is 0 Å². The van der Waals surface area contributed by atoms with Crippen LogP contribution in [0.3, 0.4) is 0 Å². The average Bonchev–Trinajstić information content (AvgIpc) is 2.98. The topological polar surface area (TPSA) is 57.8 Å². The molecule has 0 spiro atoms. The SMILES string of the molecule is Cc1ccc(C(C)NC(=O)CSc2nc3ccccc3[nH]2)cc1C. The highest BCUT2D eigenvalue weighted by atomic mass is 32.2. The Hall–Kier alpha value is -2.27. The summed E-state index contributed by atoms with van der Waals surface area (Å²) in [5, 5.41) is 3.81. The number of imidazole rings is 1. The van der Waals surface area contributed by atoms with Crippen LogP contribution in [0.25, 0.3) is 11.0 Å². The van der Waals surface area contributed by atoms with Gasteiger partial charge in [-0.05, 0) is 49.6 Å². The Balaban J connectivity index is 1.57. The number of aryl methyl sites for hydroxylation is 2. The van der Waals surface area contributed by atoms with Crippen molar-refractivity contribution in [1.82, 2.24) is 15.3 Å². The predicted molar refractivity (Wildman–Crippen MR) is 99.3 cm³/mol. The maximum Gasteiger partial charge on any atom is 0.230 e. The first kappa shape index (κ1) is 16.6. The molecule has 1 unspecified atom stereocenters. The van der Waals surface area contributed by atoms with Gasteiger partial charge in [0.15, 0.2) is 5.16 Å². The van der Waals surface area contributed by atoms with E-state index in [4.69, 9.17) is 0 Å². The molecule has 0 radical (unpaired) electrons. The van der Waals surface area contributed by atoms with Gasteiger partial charge in [0.05, 0.1) is 22.8 Å². The average molecular weight is 339 g/mol. The van der Waals surface area contributed by atoms with Crippen LogP contribution in [0.15, 0.2) is 47.6 Å². The van der Waals surface area contributed by atoms with E-state index < -0.39 is 0 Å². The quantitative estimate of drug-likeness (QED) is 0.687. The highest BCUT2D eigenvalue weighted by molar-refractivity contribution is 7.99. The number of carbonyl (C=O) groups is 1. The Morgan fingerprint density at radius 2 is 2.00 bits per heavy atom. The Bertz CT molecular complexity index is 839. The maximum absolute atomic E-state index is 12.2. The second-order valence-electron chi connectivity index (χ2n) is 5.98. The van der Waals surface area contributed by atoms with Crippen molar-refractivity contribution in [3.63, 3.8) is 0 Å². The molecule has 1 atom stereocenters. The van der Waals surface area contributed by atoms with Crippen molar-refractivity contribution in [2.24, 2.45) is 0 Å². The van der Waals surface area contributed by atoms with Gasteiger partial charge < -0.3 is 10.3 Å². The molecular weight excluding hydrogens is 318 g/mol. The van der Waals surface area contributed by atoms with Gasteiger partial charge in [0.2, 0.25) is 5.91 Å². The largest absolute Gasteiger partial charge is 0.349 e. The molecule has 3 rings (SSSR count). The van der Waals surface area contributed by atoms with E-state index in [1.165, 1.54) is 22.9 Å². The Morgan fingerprint density at radius 1 is 1.21 bits per heavy atom.